The van der Waals surface area contributed by atoms with Gasteiger partial charge in [-0.1, -0.05) is 12.2 Å². The monoisotopic (exact) mass is 226 g/mol. The Bertz CT molecular complexity index is 299. The Morgan fingerprint density at radius 2 is 2.19 bits per heavy atom. The molecule has 90 valence electrons. The molecule has 2 heterocycles. The quantitative estimate of drug-likeness (QED) is 0.536. The van der Waals surface area contributed by atoms with Gasteiger partial charge in [-0.25, -0.2) is 0 Å². The highest BCUT2D eigenvalue weighted by Crippen LogP contribution is 2.33. The molecule has 0 amide bonds. The van der Waals surface area contributed by atoms with Gasteiger partial charge in [-0.05, 0) is 20.3 Å². The number of fused-ring (bicyclic) bond motifs is 1. The zero-order chi connectivity index (χ0) is 11.7. The fourth-order valence-corrected chi connectivity index (χ4v) is 2.43. The summed E-state index contributed by atoms with van der Waals surface area (Å²) < 4.78 is 10.9. The van der Waals surface area contributed by atoms with Crippen LogP contribution in [0.4, 0.5) is 0 Å². The van der Waals surface area contributed by atoms with Gasteiger partial charge in [-0.2, -0.15) is 0 Å². The molecule has 0 unspecified atom stereocenters. The minimum Gasteiger partial charge on any atom is -0.462 e. The lowest BCUT2D eigenvalue weighted by Gasteiger charge is -2.41. The lowest BCUT2D eigenvalue weighted by molar-refractivity contribution is -0.196. The van der Waals surface area contributed by atoms with Crippen LogP contribution in [0.25, 0.3) is 0 Å². The van der Waals surface area contributed by atoms with Gasteiger partial charge in [0.15, 0.2) is 0 Å². The third kappa shape index (κ3) is 2.13. The maximum atomic E-state index is 11.6. The van der Waals surface area contributed by atoms with Crippen molar-refractivity contribution in [2.24, 2.45) is 5.92 Å². The van der Waals surface area contributed by atoms with Crippen molar-refractivity contribution in [1.29, 1.82) is 0 Å². The van der Waals surface area contributed by atoms with Crippen molar-refractivity contribution in [3.63, 3.8) is 0 Å². The van der Waals surface area contributed by atoms with Crippen LogP contribution in [-0.4, -0.2) is 35.5 Å². The number of carbonyl (C=O) groups excluding carboxylic acids is 1. The molecule has 0 saturated carbocycles. The normalized spacial score (nSPS) is 44.2. The molecular weight excluding hydrogens is 208 g/mol. The predicted molar refractivity (Wildman–Crippen MR) is 57.8 cm³/mol. The van der Waals surface area contributed by atoms with Crippen LogP contribution < -0.4 is 0 Å². The second kappa shape index (κ2) is 4.55. The summed E-state index contributed by atoms with van der Waals surface area (Å²) in [5.74, 6) is -0.533. The molecule has 0 aromatic rings. The molecule has 0 aromatic carbocycles. The largest absolute Gasteiger partial charge is 0.462 e. The first-order valence-corrected chi connectivity index (χ1v) is 5.78. The summed E-state index contributed by atoms with van der Waals surface area (Å²) in [7, 11) is 0. The molecule has 5 atom stereocenters. The molecule has 2 fully saturated rings. The summed E-state index contributed by atoms with van der Waals surface area (Å²) in [6.45, 7) is 3.76. The number of esters is 1. The molecule has 0 bridgehead atoms. The Morgan fingerprint density at radius 3 is 2.88 bits per heavy atom. The topological polar surface area (TPSA) is 55.8 Å². The van der Waals surface area contributed by atoms with Crippen LogP contribution in [0.15, 0.2) is 12.2 Å². The van der Waals surface area contributed by atoms with Crippen LogP contribution in [0.3, 0.4) is 0 Å². The Hall–Kier alpha value is -0.870. The molecular formula is C12H18O4. The summed E-state index contributed by atoms with van der Waals surface area (Å²) in [4.78, 5) is 11.6. The zero-order valence-corrected chi connectivity index (χ0v) is 9.63. The van der Waals surface area contributed by atoms with Crippen LogP contribution in [0.5, 0.6) is 0 Å². The van der Waals surface area contributed by atoms with Crippen LogP contribution in [0.2, 0.25) is 0 Å². The van der Waals surface area contributed by atoms with Gasteiger partial charge in [-0.3, -0.25) is 4.79 Å². The van der Waals surface area contributed by atoms with Crippen molar-refractivity contribution in [1.82, 2.24) is 0 Å². The zero-order valence-electron chi connectivity index (χ0n) is 9.63. The highest BCUT2D eigenvalue weighted by molar-refractivity contribution is 5.74. The molecule has 0 spiro atoms. The van der Waals surface area contributed by atoms with E-state index in [0.29, 0.717) is 6.42 Å². The smallest absolute Gasteiger partial charge is 0.311 e. The molecule has 2 aliphatic heterocycles. The molecule has 4 nitrogen and oxygen atoms in total. The van der Waals surface area contributed by atoms with Crippen molar-refractivity contribution >= 4 is 5.97 Å². The number of rotatable bonds is 1. The number of ether oxygens (including phenoxy) is 2. The number of hydrogen-bond donors (Lipinski definition) is 1. The number of carbonyl (C=O) groups is 1. The van der Waals surface area contributed by atoms with E-state index < -0.39 is 6.10 Å². The fourth-order valence-electron chi connectivity index (χ4n) is 2.43. The molecule has 2 rings (SSSR count). The Balaban J connectivity index is 2.09. The second-order valence-corrected chi connectivity index (χ2v) is 4.56. The van der Waals surface area contributed by atoms with Crippen molar-refractivity contribution in [3.8, 4) is 0 Å². The van der Waals surface area contributed by atoms with Gasteiger partial charge < -0.3 is 14.6 Å². The summed E-state index contributed by atoms with van der Waals surface area (Å²) in [6, 6.07) is 0. The summed E-state index contributed by atoms with van der Waals surface area (Å²) >= 11 is 0. The molecule has 0 aliphatic carbocycles. The SMILES string of the molecule is C/C=C/[C@H]1O[C@@H]2C[C@H](C)OC(=O)[C@@H]2C[C@@H]1O. The number of cyclic esters (lactones) is 1. The van der Waals surface area contributed by atoms with Crippen molar-refractivity contribution in [3.05, 3.63) is 12.2 Å². The van der Waals surface area contributed by atoms with E-state index >= 15 is 0 Å². The molecule has 1 N–H and O–H groups in total. The summed E-state index contributed by atoms with van der Waals surface area (Å²) in [5, 5.41) is 9.84. The van der Waals surface area contributed by atoms with E-state index in [1.807, 2.05) is 26.0 Å². The number of aliphatic hydroxyl groups excluding tert-OH is 1. The fraction of sp³-hybridized carbons (Fsp3) is 0.750. The Labute approximate surface area is 95.2 Å². The van der Waals surface area contributed by atoms with E-state index in [4.69, 9.17) is 9.47 Å². The maximum absolute atomic E-state index is 11.6. The Kier molecular flexibility index (Phi) is 3.30. The van der Waals surface area contributed by atoms with E-state index in [0.717, 1.165) is 6.42 Å². The number of aliphatic hydroxyl groups is 1. The first kappa shape index (κ1) is 11.6. The van der Waals surface area contributed by atoms with Gasteiger partial charge in [0, 0.05) is 6.42 Å². The van der Waals surface area contributed by atoms with Gasteiger partial charge >= 0.3 is 5.97 Å². The minimum absolute atomic E-state index is 0.0877. The average Bonchev–Trinajstić information content (AvgIpc) is 2.21. The molecule has 0 radical (unpaired) electrons. The van der Waals surface area contributed by atoms with Crippen LogP contribution in [0.1, 0.15) is 26.7 Å². The molecule has 2 saturated heterocycles. The molecule has 0 aromatic heterocycles. The van der Waals surface area contributed by atoms with Crippen LogP contribution in [0, 0.1) is 5.92 Å². The highest BCUT2D eigenvalue weighted by Gasteiger charge is 2.44. The van der Waals surface area contributed by atoms with Crippen LogP contribution >= 0.6 is 0 Å². The van der Waals surface area contributed by atoms with E-state index in [-0.39, 0.29) is 30.2 Å². The highest BCUT2D eigenvalue weighted by atomic mass is 16.6. The third-order valence-electron chi connectivity index (χ3n) is 3.22. The summed E-state index contributed by atoms with van der Waals surface area (Å²) in [5.41, 5.74) is 0. The van der Waals surface area contributed by atoms with E-state index in [1.54, 1.807) is 0 Å². The van der Waals surface area contributed by atoms with Gasteiger partial charge in [0.1, 0.15) is 12.2 Å². The first-order chi connectivity index (χ1) is 7.61. The van der Waals surface area contributed by atoms with E-state index in [1.165, 1.54) is 0 Å². The van der Waals surface area contributed by atoms with Crippen LogP contribution in [-0.2, 0) is 14.3 Å². The van der Waals surface area contributed by atoms with Gasteiger partial charge in [-0.15, -0.1) is 0 Å². The summed E-state index contributed by atoms with van der Waals surface area (Å²) in [6.07, 6.45) is 3.76. The van der Waals surface area contributed by atoms with Crippen molar-refractivity contribution in [2.45, 2.75) is 51.1 Å². The second-order valence-electron chi connectivity index (χ2n) is 4.56. The van der Waals surface area contributed by atoms with E-state index in [9.17, 15) is 9.90 Å². The standard InChI is InChI=1S/C12H18O4/c1-3-4-10-9(13)6-8-11(16-10)5-7(2)15-12(8)14/h3-4,7-11,13H,5-6H2,1-2H3/b4-3+/t7-,8+,9-,10+,11+/m0/s1. The lowest BCUT2D eigenvalue weighted by atomic mass is 9.85. The van der Waals surface area contributed by atoms with Crippen molar-refractivity contribution in [2.75, 3.05) is 0 Å². The van der Waals surface area contributed by atoms with Gasteiger partial charge in [0.05, 0.1) is 18.1 Å². The average molecular weight is 226 g/mol. The third-order valence-corrected chi connectivity index (χ3v) is 3.22. The molecule has 4 heteroatoms. The maximum Gasteiger partial charge on any atom is 0.311 e. The molecule has 16 heavy (non-hydrogen) atoms. The minimum atomic E-state index is -0.613. The molecule has 2 aliphatic rings. The van der Waals surface area contributed by atoms with E-state index in [2.05, 4.69) is 0 Å². The van der Waals surface area contributed by atoms with Gasteiger partial charge in [0.25, 0.3) is 0 Å². The lowest BCUT2D eigenvalue weighted by Crippen LogP contribution is -2.51. The first-order valence-electron chi connectivity index (χ1n) is 5.78. The Morgan fingerprint density at radius 1 is 1.44 bits per heavy atom. The predicted octanol–water partition coefficient (Wildman–Crippen LogP) is 1.03. The van der Waals surface area contributed by atoms with Crippen molar-refractivity contribution < 1.29 is 19.4 Å². The number of hydrogen-bond acceptors (Lipinski definition) is 4. The van der Waals surface area contributed by atoms with Gasteiger partial charge in [0.2, 0.25) is 0 Å². The number of allylic oxidation sites excluding steroid dienone is 1.